The molecule has 2 N–H and O–H groups in total. The molecule has 1 spiro atoms. The maximum atomic E-state index is 6.01. The molecular weight excluding hydrogens is 451 g/mol. The molecule has 2 aliphatic heterocycles. The first-order chi connectivity index (χ1) is 12.7. The van der Waals surface area contributed by atoms with E-state index in [9.17, 15) is 0 Å². The summed E-state index contributed by atoms with van der Waals surface area (Å²) in [5.41, 5.74) is 0.384. The third-order valence-corrected chi connectivity index (χ3v) is 7.75. The number of piperidine rings is 2. The minimum atomic E-state index is 0. The molecule has 2 bridgehead atoms. The molecule has 2 saturated carbocycles. The van der Waals surface area contributed by atoms with Crippen LogP contribution in [-0.2, 0) is 4.74 Å². The number of nitrogens with zero attached hydrogens (tertiary/aromatic N) is 2. The van der Waals surface area contributed by atoms with E-state index in [1.54, 1.807) is 0 Å². The van der Waals surface area contributed by atoms with E-state index in [0.717, 1.165) is 37.6 Å². The second-order valence-corrected chi connectivity index (χ2v) is 9.00. The van der Waals surface area contributed by atoms with E-state index in [2.05, 4.69) is 36.4 Å². The SMILES string of the molecule is CCN=C(NC1CC2CCCC(C1)N2C)NC1CC(OCC)C12CCC2.I. The van der Waals surface area contributed by atoms with Crippen molar-refractivity contribution in [2.75, 3.05) is 20.2 Å². The molecule has 0 radical (unpaired) electrons. The number of fused-ring (bicyclic) bond motifs is 2. The predicted molar refractivity (Wildman–Crippen MR) is 122 cm³/mol. The number of halogens is 1. The molecule has 0 aromatic rings. The summed E-state index contributed by atoms with van der Waals surface area (Å²) >= 11 is 0. The lowest BCUT2D eigenvalue weighted by molar-refractivity contribution is -0.168. The summed E-state index contributed by atoms with van der Waals surface area (Å²) in [6, 6.07) is 2.62. The van der Waals surface area contributed by atoms with Crippen LogP contribution in [0.5, 0.6) is 0 Å². The van der Waals surface area contributed by atoms with Crippen molar-refractivity contribution in [3.05, 3.63) is 0 Å². The molecule has 2 saturated heterocycles. The quantitative estimate of drug-likeness (QED) is 0.352. The molecule has 4 aliphatic rings. The Bertz CT molecular complexity index is 510. The number of aliphatic imine (C=N–C) groups is 1. The second kappa shape index (κ2) is 9.16. The summed E-state index contributed by atoms with van der Waals surface area (Å²) in [6.45, 7) is 5.93. The molecule has 0 aromatic carbocycles. The molecule has 5 nitrogen and oxygen atoms in total. The van der Waals surface area contributed by atoms with Crippen molar-refractivity contribution in [2.24, 2.45) is 10.4 Å². The first-order valence-corrected chi connectivity index (χ1v) is 11.1. The minimum absolute atomic E-state index is 0. The maximum Gasteiger partial charge on any atom is 0.191 e. The molecule has 156 valence electrons. The molecular formula is C21H39IN4O. The van der Waals surface area contributed by atoms with Crippen LogP contribution in [0.3, 0.4) is 0 Å². The van der Waals surface area contributed by atoms with Crippen LogP contribution in [0.4, 0.5) is 0 Å². The number of rotatable bonds is 5. The molecule has 4 fully saturated rings. The Hall–Kier alpha value is -0.0800. The highest BCUT2D eigenvalue weighted by Gasteiger charge is 2.59. The maximum absolute atomic E-state index is 6.01. The normalized spacial score (nSPS) is 37.7. The van der Waals surface area contributed by atoms with Gasteiger partial charge in [-0.2, -0.15) is 0 Å². The largest absolute Gasteiger partial charge is 0.378 e. The van der Waals surface area contributed by atoms with E-state index < -0.39 is 0 Å². The fraction of sp³-hybridized carbons (Fsp3) is 0.952. The van der Waals surface area contributed by atoms with E-state index in [4.69, 9.17) is 9.73 Å². The van der Waals surface area contributed by atoms with Gasteiger partial charge in [0.05, 0.1) is 6.10 Å². The van der Waals surface area contributed by atoms with Crippen LogP contribution in [0, 0.1) is 5.41 Å². The van der Waals surface area contributed by atoms with Crippen molar-refractivity contribution >= 4 is 29.9 Å². The van der Waals surface area contributed by atoms with Crippen molar-refractivity contribution in [3.63, 3.8) is 0 Å². The highest BCUT2D eigenvalue weighted by atomic mass is 127. The molecule has 2 heterocycles. The second-order valence-electron chi connectivity index (χ2n) is 9.00. The van der Waals surface area contributed by atoms with Crippen LogP contribution in [0.25, 0.3) is 0 Å². The summed E-state index contributed by atoms with van der Waals surface area (Å²) < 4.78 is 6.01. The monoisotopic (exact) mass is 490 g/mol. The highest BCUT2D eigenvalue weighted by molar-refractivity contribution is 14.0. The number of guanidine groups is 1. The fourth-order valence-electron chi connectivity index (χ4n) is 6.02. The van der Waals surface area contributed by atoms with Gasteiger partial charge in [0.1, 0.15) is 0 Å². The van der Waals surface area contributed by atoms with E-state index in [1.165, 1.54) is 51.4 Å². The van der Waals surface area contributed by atoms with Gasteiger partial charge in [-0.1, -0.05) is 12.8 Å². The van der Waals surface area contributed by atoms with E-state index in [1.807, 2.05) is 0 Å². The highest BCUT2D eigenvalue weighted by Crippen LogP contribution is 2.57. The van der Waals surface area contributed by atoms with Crippen molar-refractivity contribution in [1.82, 2.24) is 15.5 Å². The molecule has 4 unspecified atom stereocenters. The van der Waals surface area contributed by atoms with Crippen LogP contribution in [0.15, 0.2) is 4.99 Å². The van der Waals surface area contributed by atoms with Gasteiger partial charge in [0.2, 0.25) is 0 Å². The van der Waals surface area contributed by atoms with Crippen LogP contribution in [0.2, 0.25) is 0 Å². The zero-order valence-electron chi connectivity index (χ0n) is 17.4. The Morgan fingerprint density at radius 2 is 1.78 bits per heavy atom. The van der Waals surface area contributed by atoms with Gasteiger partial charge < -0.3 is 20.3 Å². The van der Waals surface area contributed by atoms with Gasteiger partial charge in [-0.3, -0.25) is 4.99 Å². The summed E-state index contributed by atoms with van der Waals surface area (Å²) in [7, 11) is 2.33. The molecule has 4 atom stereocenters. The van der Waals surface area contributed by atoms with Crippen molar-refractivity contribution in [3.8, 4) is 0 Å². The fourth-order valence-corrected chi connectivity index (χ4v) is 6.02. The standard InChI is InChI=1S/C21H38N4O.HI/c1-4-22-20(23-15-12-16-8-6-9-17(13-15)25(16)3)24-18-14-19(26-5-2)21(18)10-7-11-21;/h15-19H,4-14H2,1-3H3,(H2,22,23,24);1H. The Labute approximate surface area is 182 Å². The Morgan fingerprint density at radius 1 is 1.07 bits per heavy atom. The zero-order valence-corrected chi connectivity index (χ0v) is 19.7. The summed E-state index contributed by atoms with van der Waals surface area (Å²) in [6.07, 6.45) is 12.2. The molecule has 2 aliphatic carbocycles. The van der Waals surface area contributed by atoms with E-state index in [-0.39, 0.29) is 24.0 Å². The Kier molecular flexibility index (Phi) is 7.34. The number of hydrogen-bond donors (Lipinski definition) is 2. The number of hydrogen-bond acceptors (Lipinski definition) is 3. The third-order valence-electron chi connectivity index (χ3n) is 7.75. The van der Waals surface area contributed by atoms with Crippen molar-refractivity contribution in [1.29, 1.82) is 0 Å². The molecule has 4 rings (SSSR count). The predicted octanol–water partition coefficient (Wildman–Crippen LogP) is 3.52. The lowest BCUT2D eigenvalue weighted by atomic mass is 9.51. The van der Waals surface area contributed by atoms with Gasteiger partial charge in [0, 0.05) is 42.7 Å². The number of ether oxygens (including phenoxy) is 1. The van der Waals surface area contributed by atoms with Gasteiger partial charge in [-0.15, -0.1) is 24.0 Å². The van der Waals surface area contributed by atoms with Gasteiger partial charge in [0.25, 0.3) is 0 Å². The first-order valence-electron chi connectivity index (χ1n) is 11.1. The van der Waals surface area contributed by atoms with Crippen LogP contribution < -0.4 is 10.6 Å². The van der Waals surface area contributed by atoms with Gasteiger partial charge in [-0.25, -0.2) is 0 Å². The Morgan fingerprint density at radius 3 is 2.33 bits per heavy atom. The van der Waals surface area contributed by atoms with Crippen molar-refractivity contribution < 1.29 is 4.74 Å². The molecule has 6 heteroatoms. The lowest BCUT2D eigenvalue weighted by Crippen LogP contribution is -2.69. The number of nitrogens with one attached hydrogen (secondary N) is 2. The van der Waals surface area contributed by atoms with Gasteiger partial charge >= 0.3 is 0 Å². The molecule has 27 heavy (non-hydrogen) atoms. The van der Waals surface area contributed by atoms with Crippen LogP contribution in [-0.4, -0.2) is 61.3 Å². The average Bonchev–Trinajstić information content (AvgIpc) is 2.53. The van der Waals surface area contributed by atoms with E-state index in [0.29, 0.717) is 23.6 Å². The average molecular weight is 490 g/mol. The van der Waals surface area contributed by atoms with Crippen LogP contribution in [0.1, 0.15) is 71.6 Å². The molecule has 0 aromatic heterocycles. The molecule has 0 amide bonds. The zero-order chi connectivity index (χ0) is 18.1. The van der Waals surface area contributed by atoms with Gasteiger partial charge in [0.15, 0.2) is 5.96 Å². The Balaban J connectivity index is 0.00000210. The topological polar surface area (TPSA) is 48.9 Å². The lowest BCUT2D eigenvalue weighted by Gasteiger charge is -2.61. The third kappa shape index (κ3) is 4.13. The van der Waals surface area contributed by atoms with E-state index >= 15 is 0 Å². The summed E-state index contributed by atoms with van der Waals surface area (Å²) in [4.78, 5) is 7.42. The summed E-state index contributed by atoms with van der Waals surface area (Å²) in [5, 5.41) is 7.61. The summed E-state index contributed by atoms with van der Waals surface area (Å²) in [5.74, 6) is 1.05. The van der Waals surface area contributed by atoms with Crippen molar-refractivity contribution in [2.45, 2.75) is 102 Å². The minimum Gasteiger partial charge on any atom is -0.378 e. The smallest absolute Gasteiger partial charge is 0.191 e. The van der Waals surface area contributed by atoms with Gasteiger partial charge in [-0.05, 0) is 65.8 Å². The van der Waals surface area contributed by atoms with Crippen LogP contribution >= 0.6 is 24.0 Å². The first kappa shape index (κ1) is 21.6.